The molecule has 0 unspecified atom stereocenters. The maximum Gasteiger partial charge on any atom is 0.319 e. The lowest BCUT2D eigenvalue weighted by Crippen LogP contribution is -2.49. The van der Waals surface area contributed by atoms with Gasteiger partial charge in [0.25, 0.3) is 0 Å². The fraction of sp³-hybridized carbons (Fsp3) is 0.550. The first kappa shape index (κ1) is 20.7. The van der Waals surface area contributed by atoms with Gasteiger partial charge >= 0.3 is 6.03 Å². The molecular weight excluding hydrogens is 380 g/mol. The number of carbonyl (C=O) groups is 1. The molecule has 8 heteroatoms. The molecule has 3 rings (SSSR count). The lowest BCUT2D eigenvalue weighted by molar-refractivity contribution is -0.0468. The third-order valence-corrected chi connectivity index (χ3v) is 8.71. The zero-order chi connectivity index (χ0) is 20.7. The van der Waals surface area contributed by atoms with E-state index >= 15 is 0 Å². The molecule has 0 radical (unpaired) electrons. The van der Waals surface area contributed by atoms with Crippen LogP contribution in [0.2, 0.25) is 0 Å². The van der Waals surface area contributed by atoms with E-state index in [4.69, 9.17) is 4.74 Å². The number of urea groups is 1. The standard InChI is InChI=1S/C20H28N2O5S/c1-12-6-5-7-15(12)21-19(24)22-16-9-8-13(2)18(17(16)23)28(25,26)20(3,4)14-10-27-11-14/h6,8-9,14-15,23H,5,7,10-11H2,1-4H3,(H2,21,22,24)/t15-/m1/s1. The van der Waals surface area contributed by atoms with E-state index < -0.39 is 26.4 Å². The van der Waals surface area contributed by atoms with Crippen LogP contribution in [-0.2, 0) is 14.6 Å². The highest BCUT2D eigenvalue weighted by Crippen LogP contribution is 2.43. The van der Waals surface area contributed by atoms with Gasteiger partial charge in [-0.25, -0.2) is 13.2 Å². The number of phenols is 1. The summed E-state index contributed by atoms with van der Waals surface area (Å²) in [5.41, 5.74) is 1.60. The molecule has 1 heterocycles. The molecule has 2 aliphatic rings. The van der Waals surface area contributed by atoms with E-state index in [0.29, 0.717) is 18.8 Å². The number of hydrogen-bond donors (Lipinski definition) is 3. The van der Waals surface area contributed by atoms with Gasteiger partial charge in [-0.15, -0.1) is 0 Å². The average Bonchev–Trinajstić information content (AvgIpc) is 2.92. The van der Waals surface area contributed by atoms with Crippen molar-refractivity contribution in [3.05, 3.63) is 29.3 Å². The Labute approximate surface area is 166 Å². The zero-order valence-electron chi connectivity index (χ0n) is 16.7. The molecule has 1 atom stereocenters. The number of benzene rings is 1. The van der Waals surface area contributed by atoms with E-state index in [1.54, 1.807) is 26.8 Å². The summed E-state index contributed by atoms with van der Waals surface area (Å²) in [6.45, 7) is 7.64. The molecule has 2 amide bonds. The van der Waals surface area contributed by atoms with Crippen LogP contribution >= 0.6 is 0 Å². The van der Waals surface area contributed by atoms with Gasteiger partial charge in [0.2, 0.25) is 0 Å². The first-order valence-corrected chi connectivity index (χ1v) is 10.9. The van der Waals surface area contributed by atoms with Gasteiger partial charge in [-0.3, -0.25) is 0 Å². The number of hydrogen-bond acceptors (Lipinski definition) is 5. The van der Waals surface area contributed by atoms with Gasteiger partial charge in [0.15, 0.2) is 15.6 Å². The first-order valence-electron chi connectivity index (χ1n) is 9.45. The van der Waals surface area contributed by atoms with Crippen LogP contribution in [0.5, 0.6) is 5.75 Å². The summed E-state index contributed by atoms with van der Waals surface area (Å²) >= 11 is 0. The Kier molecular flexibility index (Phi) is 5.46. The van der Waals surface area contributed by atoms with Gasteiger partial charge < -0.3 is 20.5 Å². The van der Waals surface area contributed by atoms with E-state index in [9.17, 15) is 18.3 Å². The van der Waals surface area contributed by atoms with Crippen LogP contribution in [-0.4, -0.2) is 43.6 Å². The van der Waals surface area contributed by atoms with Crippen molar-refractivity contribution in [3.8, 4) is 5.75 Å². The molecule has 1 aromatic carbocycles. The van der Waals surface area contributed by atoms with E-state index in [0.717, 1.165) is 18.4 Å². The predicted molar refractivity (Wildman–Crippen MR) is 107 cm³/mol. The second-order valence-electron chi connectivity index (χ2n) is 8.13. The number of rotatable bonds is 5. The number of phenolic OH excluding ortho intramolecular Hbond substituents is 1. The van der Waals surface area contributed by atoms with Crippen LogP contribution in [0, 0.1) is 12.8 Å². The number of aromatic hydroxyl groups is 1. The second-order valence-corrected chi connectivity index (χ2v) is 10.6. The number of aryl methyl sites for hydroxylation is 1. The second kappa shape index (κ2) is 7.40. The highest BCUT2D eigenvalue weighted by molar-refractivity contribution is 7.93. The van der Waals surface area contributed by atoms with Crippen LogP contribution in [0.15, 0.2) is 28.7 Å². The summed E-state index contributed by atoms with van der Waals surface area (Å²) in [5.74, 6) is -0.574. The molecule has 0 spiro atoms. The summed E-state index contributed by atoms with van der Waals surface area (Å²) in [4.78, 5) is 12.2. The Hall–Kier alpha value is -2.06. The monoisotopic (exact) mass is 408 g/mol. The quantitative estimate of drug-likeness (QED) is 0.513. The molecule has 1 aliphatic heterocycles. The minimum absolute atomic E-state index is 0.0478. The first-order chi connectivity index (χ1) is 13.1. The number of sulfone groups is 1. The SMILES string of the molecule is CC1=CCC[C@H]1NC(=O)Nc1ccc(C)c(S(=O)(=O)C(C)(C)C2COC2)c1O. The molecular formula is C20H28N2O5S. The van der Waals surface area contributed by atoms with Crippen molar-refractivity contribution < 1.29 is 23.1 Å². The van der Waals surface area contributed by atoms with Crippen molar-refractivity contribution in [1.82, 2.24) is 5.32 Å². The van der Waals surface area contributed by atoms with Crippen molar-refractivity contribution in [1.29, 1.82) is 0 Å². The smallest absolute Gasteiger partial charge is 0.319 e. The largest absolute Gasteiger partial charge is 0.504 e. The summed E-state index contributed by atoms with van der Waals surface area (Å²) in [5, 5.41) is 16.2. The van der Waals surface area contributed by atoms with Gasteiger partial charge in [0.05, 0.1) is 29.7 Å². The number of nitrogens with one attached hydrogen (secondary N) is 2. The van der Waals surface area contributed by atoms with Crippen molar-refractivity contribution >= 4 is 21.6 Å². The van der Waals surface area contributed by atoms with Crippen LogP contribution in [0.1, 0.15) is 39.2 Å². The molecule has 1 aromatic rings. The van der Waals surface area contributed by atoms with Crippen LogP contribution in [0.25, 0.3) is 0 Å². The number of ether oxygens (including phenoxy) is 1. The summed E-state index contributed by atoms with van der Waals surface area (Å²) in [7, 11) is -3.86. The lowest BCUT2D eigenvalue weighted by Gasteiger charge is -2.39. The number of anilines is 1. The third-order valence-electron chi connectivity index (χ3n) is 5.94. The van der Waals surface area contributed by atoms with Gasteiger partial charge in [-0.05, 0) is 52.2 Å². The number of allylic oxidation sites excluding steroid dienone is 1. The lowest BCUT2D eigenvalue weighted by atomic mass is 9.93. The van der Waals surface area contributed by atoms with Gasteiger partial charge in [-0.1, -0.05) is 17.7 Å². The third kappa shape index (κ3) is 3.51. The molecule has 3 N–H and O–H groups in total. The summed E-state index contributed by atoms with van der Waals surface area (Å²) in [6, 6.07) is 2.58. The van der Waals surface area contributed by atoms with E-state index in [2.05, 4.69) is 16.7 Å². The predicted octanol–water partition coefficient (Wildman–Crippen LogP) is 3.13. The molecule has 1 fully saturated rings. The van der Waals surface area contributed by atoms with Crippen molar-refractivity contribution in [2.75, 3.05) is 18.5 Å². The average molecular weight is 409 g/mol. The van der Waals surface area contributed by atoms with E-state index in [1.165, 1.54) is 6.07 Å². The van der Waals surface area contributed by atoms with Crippen molar-refractivity contribution in [2.24, 2.45) is 5.92 Å². The topological polar surface area (TPSA) is 105 Å². The number of carbonyl (C=O) groups excluding carboxylic acids is 1. The maximum absolute atomic E-state index is 13.3. The summed E-state index contributed by atoms with van der Waals surface area (Å²) < 4.78 is 30.7. The fourth-order valence-electron chi connectivity index (χ4n) is 3.58. The van der Waals surface area contributed by atoms with Gasteiger partial charge in [0.1, 0.15) is 4.90 Å². The molecule has 1 saturated heterocycles. The molecule has 28 heavy (non-hydrogen) atoms. The minimum atomic E-state index is -3.86. The van der Waals surface area contributed by atoms with Gasteiger partial charge in [-0.2, -0.15) is 0 Å². The van der Waals surface area contributed by atoms with E-state index in [1.807, 2.05) is 6.92 Å². The highest BCUT2D eigenvalue weighted by atomic mass is 32.2. The Bertz CT molecular complexity index is 917. The minimum Gasteiger partial charge on any atom is -0.504 e. The Balaban J connectivity index is 1.88. The Morgan fingerprint density at radius 1 is 1.25 bits per heavy atom. The van der Waals surface area contributed by atoms with Crippen LogP contribution in [0.4, 0.5) is 10.5 Å². The Morgan fingerprint density at radius 2 is 1.93 bits per heavy atom. The van der Waals surface area contributed by atoms with Crippen molar-refractivity contribution in [2.45, 2.75) is 56.2 Å². The molecule has 154 valence electrons. The Morgan fingerprint density at radius 3 is 2.46 bits per heavy atom. The highest BCUT2D eigenvalue weighted by Gasteiger charge is 2.47. The molecule has 1 aliphatic carbocycles. The van der Waals surface area contributed by atoms with Gasteiger partial charge in [0, 0.05) is 5.92 Å². The van der Waals surface area contributed by atoms with Crippen LogP contribution < -0.4 is 10.6 Å². The maximum atomic E-state index is 13.3. The zero-order valence-corrected chi connectivity index (χ0v) is 17.5. The van der Waals surface area contributed by atoms with Crippen molar-refractivity contribution in [3.63, 3.8) is 0 Å². The molecule has 7 nitrogen and oxygen atoms in total. The fourth-order valence-corrected chi connectivity index (χ4v) is 5.54. The molecule has 0 aromatic heterocycles. The molecule has 0 saturated carbocycles. The van der Waals surface area contributed by atoms with Crippen LogP contribution in [0.3, 0.4) is 0 Å². The summed E-state index contributed by atoms with van der Waals surface area (Å²) in [6.07, 6.45) is 3.82. The number of amides is 2. The van der Waals surface area contributed by atoms with E-state index in [-0.39, 0.29) is 22.5 Å². The normalized spacial score (nSPS) is 20.4. The molecule has 0 bridgehead atoms.